The molecule has 3 rings (SSSR count). The number of sulfone groups is 1. The average molecular weight is 429 g/mol. The molecule has 0 aliphatic rings. The number of fused-ring (bicyclic) bond motifs is 1. The van der Waals surface area contributed by atoms with E-state index in [0.717, 1.165) is 21.3 Å². The Hall–Kier alpha value is -2.51. The highest BCUT2D eigenvalue weighted by Gasteiger charge is 2.13. The lowest BCUT2D eigenvalue weighted by molar-refractivity contribution is -0.118. The first-order valence-corrected chi connectivity index (χ1v) is 12.0. The van der Waals surface area contributed by atoms with Crippen molar-refractivity contribution < 1.29 is 13.2 Å². The van der Waals surface area contributed by atoms with Crippen molar-refractivity contribution in [2.24, 2.45) is 4.99 Å². The van der Waals surface area contributed by atoms with Gasteiger partial charge in [0.2, 0.25) is 5.91 Å². The number of amides is 1. The molecule has 29 heavy (non-hydrogen) atoms. The van der Waals surface area contributed by atoms with Crippen molar-refractivity contribution in [1.29, 1.82) is 0 Å². The van der Waals surface area contributed by atoms with Crippen molar-refractivity contribution in [2.75, 3.05) is 5.75 Å². The van der Waals surface area contributed by atoms with Gasteiger partial charge in [0.05, 0.1) is 21.7 Å². The standard InChI is InChI=1S/C22H24N2O3S2/c1-3-13-24-19-12-11-17(2)15-20(19)28-22(24)23-21(25)10-7-14-29(26,27)16-18-8-5-4-6-9-18/h3-6,8-9,11-12,15H,1,7,10,13-14,16H2,2H3. The smallest absolute Gasteiger partial charge is 0.248 e. The number of benzene rings is 2. The van der Waals surface area contributed by atoms with Gasteiger partial charge >= 0.3 is 0 Å². The van der Waals surface area contributed by atoms with E-state index in [2.05, 4.69) is 17.6 Å². The van der Waals surface area contributed by atoms with E-state index in [9.17, 15) is 13.2 Å². The van der Waals surface area contributed by atoms with Crippen LogP contribution < -0.4 is 4.80 Å². The molecule has 2 aromatic carbocycles. The van der Waals surface area contributed by atoms with E-state index in [4.69, 9.17) is 0 Å². The first-order valence-electron chi connectivity index (χ1n) is 9.41. The Morgan fingerprint density at radius 2 is 1.97 bits per heavy atom. The van der Waals surface area contributed by atoms with E-state index in [1.54, 1.807) is 18.2 Å². The van der Waals surface area contributed by atoms with Crippen LogP contribution in [0, 0.1) is 6.92 Å². The van der Waals surface area contributed by atoms with Gasteiger partial charge in [-0.2, -0.15) is 4.99 Å². The molecule has 0 spiro atoms. The van der Waals surface area contributed by atoms with Gasteiger partial charge in [-0.3, -0.25) is 4.79 Å². The van der Waals surface area contributed by atoms with Crippen LogP contribution in [0.15, 0.2) is 66.2 Å². The molecule has 0 aliphatic heterocycles. The molecule has 5 nitrogen and oxygen atoms in total. The number of hydrogen-bond donors (Lipinski definition) is 0. The Labute approximate surface area is 175 Å². The van der Waals surface area contributed by atoms with Crippen LogP contribution in [0.4, 0.5) is 0 Å². The molecule has 0 saturated carbocycles. The van der Waals surface area contributed by atoms with Crippen molar-refractivity contribution >= 4 is 37.3 Å². The molecule has 0 aliphatic carbocycles. The highest BCUT2D eigenvalue weighted by molar-refractivity contribution is 7.90. The molecule has 1 amide bonds. The van der Waals surface area contributed by atoms with E-state index in [1.807, 2.05) is 41.8 Å². The van der Waals surface area contributed by atoms with Gasteiger partial charge in [0.1, 0.15) is 0 Å². The highest BCUT2D eigenvalue weighted by atomic mass is 32.2. The Morgan fingerprint density at radius 3 is 2.69 bits per heavy atom. The zero-order valence-electron chi connectivity index (χ0n) is 16.4. The van der Waals surface area contributed by atoms with Crippen LogP contribution in [0.2, 0.25) is 0 Å². The Bertz CT molecular complexity index is 1190. The molecule has 3 aromatic rings. The summed E-state index contributed by atoms with van der Waals surface area (Å²) in [5.41, 5.74) is 2.91. The second-order valence-electron chi connectivity index (χ2n) is 6.94. The lowest BCUT2D eigenvalue weighted by atomic mass is 10.2. The molecule has 1 aromatic heterocycles. The molecule has 0 saturated heterocycles. The quantitative estimate of drug-likeness (QED) is 0.509. The number of nitrogens with zero attached hydrogens (tertiary/aromatic N) is 2. The number of carbonyl (C=O) groups excluding carboxylic acids is 1. The number of carbonyl (C=O) groups is 1. The van der Waals surface area contributed by atoms with E-state index >= 15 is 0 Å². The molecule has 1 heterocycles. The summed E-state index contributed by atoms with van der Waals surface area (Å²) in [6.07, 6.45) is 2.14. The van der Waals surface area contributed by atoms with Gasteiger partial charge in [0.15, 0.2) is 14.6 Å². The molecule has 0 N–H and O–H groups in total. The first kappa shape index (κ1) is 21.2. The topological polar surface area (TPSA) is 68.5 Å². The molecule has 7 heteroatoms. The fourth-order valence-electron chi connectivity index (χ4n) is 3.08. The number of aryl methyl sites for hydroxylation is 1. The summed E-state index contributed by atoms with van der Waals surface area (Å²) in [4.78, 5) is 17.2. The molecule has 152 valence electrons. The number of allylic oxidation sites excluding steroid dienone is 1. The summed E-state index contributed by atoms with van der Waals surface area (Å²) in [5, 5.41) is 0. The minimum atomic E-state index is -3.25. The monoisotopic (exact) mass is 428 g/mol. The lowest BCUT2D eigenvalue weighted by Crippen LogP contribution is -2.16. The first-order chi connectivity index (χ1) is 13.9. The SMILES string of the molecule is C=CCn1c(=NC(=O)CCCS(=O)(=O)Cc2ccccc2)sc2cc(C)ccc21. The van der Waals surface area contributed by atoms with Gasteiger partial charge in [-0.25, -0.2) is 8.42 Å². The van der Waals surface area contributed by atoms with Crippen LogP contribution in [0.25, 0.3) is 10.2 Å². The summed E-state index contributed by atoms with van der Waals surface area (Å²) >= 11 is 1.46. The zero-order valence-corrected chi connectivity index (χ0v) is 18.0. The summed E-state index contributed by atoms with van der Waals surface area (Å²) in [6.45, 7) is 6.36. The zero-order chi connectivity index (χ0) is 20.9. The summed E-state index contributed by atoms with van der Waals surface area (Å²) < 4.78 is 27.6. The van der Waals surface area contributed by atoms with Crippen molar-refractivity contribution in [1.82, 2.24) is 4.57 Å². The summed E-state index contributed by atoms with van der Waals surface area (Å²) in [7, 11) is -3.25. The van der Waals surface area contributed by atoms with Crippen LogP contribution in [0.5, 0.6) is 0 Å². The third kappa shape index (κ3) is 5.74. The third-order valence-electron chi connectivity index (χ3n) is 4.45. The molecule has 0 radical (unpaired) electrons. The predicted octanol–water partition coefficient (Wildman–Crippen LogP) is 4.02. The Balaban J connectivity index is 1.69. The van der Waals surface area contributed by atoms with Crippen LogP contribution in [-0.2, 0) is 26.9 Å². The molecule has 0 atom stereocenters. The Kier molecular flexibility index (Phi) is 6.82. The van der Waals surface area contributed by atoms with E-state index in [0.29, 0.717) is 11.3 Å². The second-order valence-corrected chi connectivity index (χ2v) is 10.1. The molecular weight excluding hydrogens is 404 g/mol. The van der Waals surface area contributed by atoms with Crippen molar-refractivity contribution in [3.05, 3.63) is 77.1 Å². The Morgan fingerprint density at radius 1 is 1.21 bits per heavy atom. The average Bonchev–Trinajstić information content (AvgIpc) is 2.98. The largest absolute Gasteiger partial charge is 0.313 e. The van der Waals surface area contributed by atoms with Crippen molar-refractivity contribution in [2.45, 2.75) is 32.1 Å². The number of thiazole rings is 1. The lowest BCUT2D eigenvalue weighted by Gasteiger charge is -2.04. The maximum Gasteiger partial charge on any atom is 0.248 e. The number of hydrogen-bond acceptors (Lipinski definition) is 4. The molecular formula is C22H24N2O3S2. The van der Waals surface area contributed by atoms with Crippen LogP contribution >= 0.6 is 11.3 Å². The van der Waals surface area contributed by atoms with Gasteiger partial charge in [-0.1, -0.05) is 53.8 Å². The van der Waals surface area contributed by atoms with E-state index in [-0.39, 0.29) is 30.3 Å². The maximum atomic E-state index is 12.4. The van der Waals surface area contributed by atoms with Crippen LogP contribution in [0.3, 0.4) is 0 Å². The summed E-state index contributed by atoms with van der Waals surface area (Å²) in [5.74, 6) is -0.337. The van der Waals surface area contributed by atoms with Gasteiger partial charge in [0, 0.05) is 13.0 Å². The van der Waals surface area contributed by atoms with Gasteiger partial charge in [-0.05, 0) is 36.6 Å². The molecule has 0 bridgehead atoms. The van der Waals surface area contributed by atoms with Crippen LogP contribution in [0.1, 0.15) is 24.0 Å². The normalized spacial score (nSPS) is 12.4. The predicted molar refractivity (Wildman–Crippen MR) is 118 cm³/mol. The van der Waals surface area contributed by atoms with Gasteiger partial charge < -0.3 is 4.57 Å². The van der Waals surface area contributed by atoms with Crippen LogP contribution in [-0.4, -0.2) is 24.6 Å². The van der Waals surface area contributed by atoms with Crippen molar-refractivity contribution in [3.8, 4) is 0 Å². The minimum Gasteiger partial charge on any atom is -0.313 e. The third-order valence-corrected chi connectivity index (χ3v) is 7.17. The van der Waals surface area contributed by atoms with Gasteiger partial charge in [0.25, 0.3) is 0 Å². The maximum absolute atomic E-state index is 12.4. The summed E-state index contributed by atoms with van der Waals surface area (Å²) in [6, 6.07) is 15.2. The number of rotatable bonds is 8. The van der Waals surface area contributed by atoms with E-state index < -0.39 is 9.84 Å². The number of aromatic nitrogens is 1. The fourth-order valence-corrected chi connectivity index (χ4v) is 5.66. The van der Waals surface area contributed by atoms with Crippen molar-refractivity contribution in [3.63, 3.8) is 0 Å². The van der Waals surface area contributed by atoms with E-state index in [1.165, 1.54) is 11.3 Å². The fraction of sp³-hybridized carbons (Fsp3) is 0.273. The molecule has 0 unspecified atom stereocenters. The van der Waals surface area contributed by atoms with Gasteiger partial charge in [-0.15, -0.1) is 6.58 Å². The molecule has 0 fully saturated rings. The second kappa shape index (κ2) is 9.33. The highest BCUT2D eigenvalue weighted by Crippen LogP contribution is 2.19. The minimum absolute atomic E-state index is 0.00578.